The van der Waals surface area contributed by atoms with Crippen molar-refractivity contribution in [3.05, 3.63) is 75.8 Å². The molecule has 0 aliphatic carbocycles. The number of hydrogen-bond donors (Lipinski definition) is 3. The average molecular weight is 394 g/mol. The molecule has 0 saturated carbocycles. The molecule has 2 aromatic rings. The van der Waals surface area contributed by atoms with Crippen LogP contribution in [0, 0.1) is 10.1 Å². The number of nitrogens with zero attached hydrogens (tertiary/aromatic N) is 3. The van der Waals surface area contributed by atoms with E-state index in [2.05, 4.69) is 26.4 Å². The van der Waals surface area contributed by atoms with E-state index >= 15 is 0 Å². The number of rotatable bonds is 7. The third-order valence-electron chi connectivity index (χ3n) is 4.04. The number of carbonyl (C=O) groups excluding carboxylic acids is 2. The van der Waals surface area contributed by atoms with Gasteiger partial charge in [0.1, 0.15) is 11.9 Å². The van der Waals surface area contributed by atoms with Gasteiger partial charge >= 0.3 is 0 Å². The van der Waals surface area contributed by atoms with Gasteiger partial charge in [0.25, 0.3) is 11.6 Å². The van der Waals surface area contributed by atoms with Gasteiger partial charge in [0, 0.05) is 18.6 Å². The molecule has 0 bridgehead atoms. The third kappa shape index (κ3) is 5.70. The van der Waals surface area contributed by atoms with Crippen LogP contribution in [0.5, 0.6) is 0 Å². The first kappa shape index (κ1) is 19.7. The number of benzene rings is 2. The summed E-state index contributed by atoms with van der Waals surface area (Å²) in [5.74, 6) is -0.327. The monoisotopic (exact) mass is 394 g/mol. The maximum atomic E-state index is 12.1. The zero-order valence-corrected chi connectivity index (χ0v) is 15.2. The Hall–Kier alpha value is -4.08. The highest BCUT2D eigenvalue weighted by Gasteiger charge is 2.25. The van der Waals surface area contributed by atoms with Crippen LogP contribution in [0.4, 0.5) is 5.69 Å². The summed E-state index contributed by atoms with van der Waals surface area (Å²) < 4.78 is 0. The molecule has 2 amide bonds. The summed E-state index contributed by atoms with van der Waals surface area (Å²) in [6.45, 7) is 0. The van der Waals surface area contributed by atoms with E-state index in [4.69, 9.17) is 0 Å². The van der Waals surface area contributed by atoms with Crippen molar-refractivity contribution in [3.63, 3.8) is 0 Å². The molecule has 0 fully saturated rings. The van der Waals surface area contributed by atoms with E-state index < -0.39 is 22.8 Å². The molecule has 0 aromatic heterocycles. The van der Waals surface area contributed by atoms with Crippen molar-refractivity contribution in [1.29, 1.82) is 0 Å². The van der Waals surface area contributed by atoms with Gasteiger partial charge in [-0.1, -0.05) is 30.3 Å². The summed E-state index contributed by atoms with van der Waals surface area (Å²) in [5.41, 5.74) is 9.14. The normalized spacial score (nSPS) is 15.9. The molecule has 1 heterocycles. The van der Waals surface area contributed by atoms with Gasteiger partial charge in [-0.15, -0.1) is 0 Å². The van der Waals surface area contributed by atoms with E-state index in [1.165, 1.54) is 30.5 Å². The Kier molecular flexibility index (Phi) is 6.25. The molecule has 1 unspecified atom stereocenters. The largest absolute Gasteiger partial charge is 0.285 e. The Labute approximate surface area is 165 Å². The fourth-order valence-corrected chi connectivity index (χ4v) is 2.60. The molecule has 2 aromatic carbocycles. The average Bonchev–Trinajstić information content (AvgIpc) is 2.72. The molecule has 3 N–H and O–H groups in total. The number of nitrogens with one attached hydrogen (secondary N) is 3. The fourth-order valence-electron chi connectivity index (χ4n) is 2.60. The predicted molar refractivity (Wildman–Crippen MR) is 106 cm³/mol. The van der Waals surface area contributed by atoms with Gasteiger partial charge in [-0.05, 0) is 23.3 Å². The molecular formula is C19H18N6O4. The van der Waals surface area contributed by atoms with Crippen LogP contribution in [-0.2, 0) is 16.0 Å². The van der Waals surface area contributed by atoms with Gasteiger partial charge in [0.05, 0.1) is 17.6 Å². The van der Waals surface area contributed by atoms with Gasteiger partial charge < -0.3 is 0 Å². The minimum atomic E-state index is -0.857. The molecule has 10 heteroatoms. The molecule has 10 nitrogen and oxygen atoms in total. The minimum absolute atomic E-state index is 0.0349. The summed E-state index contributed by atoms with van der Waals surface area (Å²) in [6, 6.07) is 14.4. The summed E-state index contributed by atoms with van der Waals surface area (Å²) in [6.07, 6.45) is 1.69. The minimum Gasteiger partial charge on any atom is -0.285 e. The highest BCUT2D eigenvalue weighted by atomic mass is 16.6. The van der Waals surface area contributed by atoms with Crippen molar-refractivity contribution in [1.82, 2.24) is 16.3 Å². The second-order valence-corrected chi connectivity index (χ2v) is 6.21. The lowest BCUT2D eigenvalue weighted by atomic mass is 10.1. The SMILES string of the molecule is O=C(CC1N=C(Cc2ccccc2)NNC1=O)NN=Cc1ccc([N+](=O)[O-])cc1. The van der Waals surface area contributed by atoms with Crippen LogP contribution < -0.4 is 16.3 Å². The van der Waals surface area contributed by atoms with Crippen molar-refractivity contribution in [3.8, 4) is 0 Å². The topological polar surface area (TPSA) is 138 Å². The molecule has 148 valence electrons. The first-order chi connectivity index (χ1) is 14.0. The lowest BCUT2D eigenvalue weighted by Crippen LogP contribution is -2.52. The Morgan fingerprint density at radius 1 is 1.17 bits per heavy atom. The molecule has 29 heavy (non-hydrogen) atoms. The van der Waals surface area contributed by atoms with Crippen molar-refractivity contribution in [2.45, 2.75) is 18.9 Å². The summed E-state index contributed by atoms with van der Waals surface area (Å²) >= 11 is 0. The molecule has 1 atom stereocenters. The lowest BCUT2D eigenvalue weighted by Gasteiger charge is -2.21. The Morgan fingerprint density at radius 2 is 1.90 bits per heavy atom. The summed E-state index contributed by atoms with van der Waals surface area (Å²) in [5, 5.41) is 14.4. The highest BCUT2D eigenvalue weighted by Crippen LogP contribution is 2.10. The van der Waals surface area contributed by atoms with Crippen LogP contribution in [0.25, 0.3) is 0 Å². The quantitative estimate of drug-likeness (QED) is 0.366. The van der Waals surface area contributed by atoms with Gasteiger partial charge in [0.2, 0.25) is 5.91 Å². The van der Waals surface area contributed by atoms with E-state index in [9.17, 15) is 19.7 Å². The standard InChI is InChI=1S/C19H18N6O4/c26-18(23-20-12-14-6-8-15(9-7-14)25(28)29)11-16-19(27)24-22-17(21-16)10-13-4-2-1-3-5-13/h1-9,12,16H,10-11H2,(H,21,22)(H,23,26)(H,24,27). The predicted octanol–water partition coefficient (Wildman–Crippen LogP) is 1.08. The molecule has 0 radical (unpaired) electrons. The number of amidine groups is 1. The molecule has 3 rings (SSSR count). The number of aliphatic imine (C=N–C) groups is 1. The number of hydrazine groups is 1. The molecular weight excluding hydrogens is 376 g/mol. The number of nitro groups is 1. The zero-order valence-electron chi connectivity index (χ0n) is 15.2. The maximum Gasteiger partial charge on any atom is 0.269 e. The van der Waals surface area contributed by atoms with Crippen LogP contribution in [0.3, 0.4) is 0 Å². The van der Waals surface area contributed by atoms with Crippen molar-refractivity contribution < 1.29 is 14.5 Å². The second-order valence-electron chi connectivity index (χ2n) is 6.21. The van der Waals surface area contributed by atoms with Crippen molar-refractivity contribution in [2.75, 3.05) is 0 Å². The van der Waals surface area contributed by atoms with Gasteiger partial charge in [-0.2, -0.15) is 5.10 Å². The van der Waals surface area contributed by atoms with Crippen LogP contribution in [0.15, 0.2) is 64.7 Å². The zero-order chi connectivity index (χ0) is 20.6. The highest BCUT2D eigenvalue weighted by molar-refractivity contribution is 5.96. The fraction of sp³-hybridized carbons (Fsp3) is 0.158. The van der Waals surface area contributed by atoms with Gasteiger partial charge in [0.15, 0.2) is 0 Å². The number of nitro benzene ring substituents is 1. The Bertz CT molecular complexity index is 956. The van der Waals surface area contributed by atoms with Crippen LogP contribution in [-0.4, -0.2) is 34.8 Å². The first-order valence-corrected chi connectivity index (χ1v) is 8.74. The number of carbonyl (C=O) groups is 2. The molecule has 1 aliphatic rings. The lowest BCUT2D eigenvalue weighted by molar-refractivity contribution is -0.384. The third-order valence-corrected chi connectivity index (χ3v) is 4.04. The van der Waals surface area contributed by atoms with Gasteiger partial charge in [-0.25, -0.2) is 5.43 Å². The van der Waals surface area contributed by atoms with Crippen molar-refractivity contribution in [2.24, 2.45) is 10.1 Å². The maximum absolute atomic E-state index is 12.1. The smallest absolute Gasteiger partial charge is 0.269 e. The molecule has 1 aliphatic heterocycles. The summed E-state index contributed by atoms with van der Waals surface area (Å²) in [7, 11) is 0. The Morgan fingerprint density at radius 3 is 2.59 bits per heavy atom. The number of amides is 2. The molecule has 0 spiro atoms. The van der Waals surface area contributed by atoms with E-state index in [1.54, 1.807) is 0 Å². The van der Waals surface area contributed by atoms with E-state index in [0.717, 1.165) is 5.56 Å². The number of non-ortho nitro benzene ring substituents is 1. The van der Waals surface area contributed by atoms with Gasteiger partial charge in [-0.3, -0.25) is 35.5 Å². The summed E-state index contributed by atoms with van der Waals surface area (Å²) in [4.78, 5) is 38.5. The van der Waals surface area contributed by atoms with E-state index in [0.29, 0.717) is 17.8 Å². The molecule has 0 saturated heterocycles. The second kappa shape index (κ2) is 9.22. The van der Waals surface area contributed by atoms with Crippen molar-refractivity contribution >= 4 is 29.6 Å². The number of hydrogen-bond acceptors (Lipinski definition) is 7. The van der Waals surface area contributed by atoms with Crippen LogP contribution in [0.1, 0.15) is 17.5 Å². The Balaban J connectivity index is 1.55. The number of hydrazone groups is 1. The van der Waals surface area contributed by atoms with E-state index in [1.807, 2.05) is 30.3 Å². The first-order valence-electron chi connectivity index (χ1n) is 8.74. The van der Waals surface area contributed by atoms with Crippen LogP contribution in [0.2, 0.25) is 0 Å². The van der Waals surface area contributed by atoms with Crippen LogP contribution >= 0.6 is 0 Å². The van der Waals surface area contributed by atoms with E-state index in [-0.39, 0.29) is 12.1 Å².